The van der Waals surface area contributed by atoms with Crippen LogP contribution in [0.1, 0.15) is 32.6 Å². The molecule has 1 aliphatic rings. The first kappa shape index (κ1) is 15.4. The second kappa shape index (κ2) is 9.30. The van der Waals surface area contributed by atoms with Crippen LogP contribution in [0.5, 0.6) is 0 Å². The quantitative estimate of drug-likeness (QED) is 0.547. The molecule has 0 aliphatic carbocycles. The van der Waals surface area contributed by atoms with E-state index in [1.54, 1.807) is 0 Å². The van der Waals surface area contributed by atoms with Gasteiger partial charge in [-0.15, -0.1) is 0 Å². The third-order valence-electron chi connectivity index (χ3n) is 3.41. The average Bonchev–Trinajstić information content (AvgIpc) is 2.42. The number of piperidine rings is 1. The lowest BCUT2D eigenvalue weighted by Gasteiger charge is -2.28. The second-order valence-electron chi connectivity index (χ2n) is 4.79. The van der Waals surface area contributed by atoms with E-state index in [9.17, 15) is 4.79 Å². The van der Waals surface area contributed by atoms with Crippen LogP contribution in [0.25, 0.3) is 0 Å². The predicted molar refractivity (Wildman–Crippen MR) is 70.3 cm³/mol. The topological polar surface area (TPSA) is 70.6 Å². The summed E-state index contributed by atoms with van der Waals surface area (Å²) in [7, 11) is 0. The van der Waals surface area contributed by atoms with Gasteiger partial charge in [-0.2, -0.15) is 0 Å². The van der Waals surface area contributed by atoms with Crippen molar-refractivity contribution < 1.29 is 14.6 Å². The van der Waals surface area contributed by atoms with E-state index in [2.05, 4.69) is 17.6 Å². The Morgan fingerprint density at radius 3 is 3.06 bits per heavy atom. The molecule has 0 aromatic rings. The van der Waals surface area contributed by atoms with Crippen LogP contribution in [0.4, 0.5) is 0 Å². The Hall–Kier alpha value is -0.650. The normalized spacial score (nSPS) is 23.9. The molecular weight excluding hydrogens is 232 g/mol. The standard InChI is InChI=1S/C13H26N2O3/c1-2-11-4-6-14-12(10-11)13(17)15-5-3-8-18-9-7-16/h11-12,14,16H,2-10H2,1H3,(H,15,17). The van der Waals surface area contributed by atoms with Gasteiger partial charge in [0.25, 0.3) is 0 Å². The molecule has 106 valence electrons. The molecule has 0 aromatic heterocycles. The molecule has 0 aromatic carbocycles. The van der Waals surface area contributed by atoms with Gasteiger partial charge >= 0.3 is 0 Å². The van der Waals surface area contributed by atoms with E-state index >= 15 is 0 Å². The van der Waals surface area contributed by atoms with Crippen molar-refractivity contribution in [1.29, 1.82) is 0 Å². The molecule has 5 heteroatoms. The second-order valence-corrected chi connectivity index (χ2v) is 4.79. The fourth-order valence-corrected chi connectivity index (χ4v) is 2.24. The molecule has 1 heterocycles. The monoisotopic (exact) mass is 258 g/mol. The van der Waals surface area contributed by atoms with Crippen molar-refractivity contribution in [1.82, 2.24) is 10.6 Å². The van der Waals surface area contributed by atoms with E-state index < -0.39 is 0 Å². The summed E-state index contributed by atoms with van der Waals surface area (Å²) >= 11 is 0. The molecule has 0 saturated carbocycles. The Bertz CT molecular complexity index is 236. The largest absolute Gasteiger partial charge is 0.394 e. The summed E-state index contributed by atoms with van der Waals surface area (Å²) in [5, 5.41) is 14.7. The molecule has 2 atom stereocenters. The van der Waals surface area contributed by atoms with Crippen molar-refractivity contribution >= 4 is 5.91 Å². The van der Waals surface area contributed by atoms with E-state index in [0.29, 0.717) is 25.7 Å². The summed E-state index contributed by atoms with van der Waals surface area (Å²) in [5.74, 6) is 0.783. The zero-order valence-corrected chi connectivity index (χ0v) is 11.3. The lowest BCUT2D eigenvalue weighted by Crippen LogP contribution is -2.48. The van der Waals surface area contributed by atoms with Gasteiger partial charge in [-0.1, -0.05) is 13.3 Å². The van der Waals surface area contributed by atoms with Gasteiger partial charge in [0.2, 0.25) is 5.91 Å². The summed E-state index contributed by atoms with van der Waals surface area (Å²) in [6.07, 6.45) is 4.06. The molecule has 18 heavy (non-hydrogen) atoms. The van der Waals surface area contributed by atoms with Crippen LogP contribution in [-0.2, 0) is 9.53 Å². The number of amides is 1. The number of ether oxygens (including phenoxy) is 1. The van der Waals surface area contributed by atoms with Gasteiger partial charge < -0.3 is 20.5 Å². The van der Waals surface area contributed by atoms with Gasteiger partial charge in [0.05, 0.1) is 19.3 Å². The highest BCUT2D eigenvalue weighted by Crippen LogP contribution is 2.19. The van der Waals surface area contributed by atoms with Crippen LogP contribution in [0.15, 0.2) is 0 Å². The summed E-state index contributed by atoms with van der Waals surface area (Å²) in [6, 6.07) is -0.0259. The zero-order chi connectivity index (χ0) is 13.2. The van der Waals surface area contributed by atoms with E-state index in [1.807, 2.05) is 0 Å². The van der Waals surface area contributed by atoms with E-state index in [1.165, 1.54) is 6.42 Å². The van der Waals surface area contributed by atoms with Crippen molar-refractivity contribution in [2.45, 2.75) is 38.6 Å². The van der Waals surface area contributed by atoms with E-state index in [0.717, 1.165) is 25.8 Å². The number of rotatable bonds is 8. The minimum atomic E-state index is -0.0259. The maximum absolute atomic E-state index is 11.9. The molecule has 1 amide bonds. The van der Waals surface area contributed by atoms with Crippen molar-refractivity contribution in [3.8, 4) is 0 Å². The molecule has 0 radical (unpaired) electrons. The number of carbonyl (C=O) groups is 1. The number of hydrogen-bond donors (Lipinski definition) is 3. The van der Waals surface area contributed by atoms with Crippen LogP contribution in [0, 0.1) is 5.92 Å². The van der Waals surface area contributed by atoms with Crippen molar-refractivity contribution in [3.05, 3.63) is 0 Å². The maximum atomic E-state index is 11.9. The Labute approximate surface area is 109 Å². The molecule has 1 rings (SSSR count). The van der Waals surface area contributed by atoms with Crippen LogP contribution in [-0.4, -0.2) is 50.0 Å². The van der Waals surface area contributed by atoms with Crippen LogP contribution >= 0.6 is 0 Å². The summed E-state index contributed by atoms with van der Waals surface area (Å²) in [4.78, 5) is 11.9. The third-order valence-corrected chi connectivity index (χ3v) is 3.41. The first-order valence-corrected chi connectivity index (χ1v) is 6.97. The van der Waals surface area contributed by atoms with Gasteiger partial charge in [-0.3, -0.25) is 4.79 Å². The molecule has 3 N–H and O–H groups in total. The van der Waals surface area contributed by atoms with Crippen molar-refractivity contribution in [2.24, 2.45) is 5.92 Å². The van der Waals surface area contributed by atoms with Gasteiger partial charge in [-0.25, -0.2) is 0 Å². The fourth-order valence-electron chi connectivity index (χ4n) is 2.24. The van der Waals surface area contributed by atoms with E-state index in [-0.39, 0.29) is 18.6 Å². The predicted octanol–water partition coefficient (Wildman–Crippen LogP) is 0.280. The smallest absolute Gasteiger partial charge is 0.237 e. The first-order valence-electron chi connectivity index (χ1n) is 6.97. The van der Waals surface area contributed by atoms with Gasteiger partial charge in [0, 0.05) is 13.2 Å². The van der Waals surface area contributed by atoms with Crippen molar-refractivity contribution in [2.75, 3.05) is 32.9 Å². The summed E-state index contributed by atoms with van der Waals surface area (Å²) < 4.78 is 5.13. The minimum Gasteiger partial charge on any atom is -0.394 e. The average molecular weight is 258 g/mol. The number of hydrogen-bond acceptors (Lipinski definition) is 4. The fraction of sp³-hybridized carbons (Fsp3) is 0.923. The van der Waals surface area contributed by atoms with Gasteiger partial charge in [0.15, 0.2) is 0 Å². The highest BCUT2D eigenvalue weighted by Gasteiger charge is 2.25. The molecule has 1 saturated heterocycles. The summed E-state index contributed by atoms with van der Waals surface area (Å²) in [5.41, 5.74) is 0. The number of nitrogens with one attached hydrogen (secondary N) is 2. The lowest BCUT2D eigenvalue weighted by atomic mass is 9.90. The number of aliphatic hydroxyl groups excluding tert-OH is 1. The molecule has 1 fully saturated rings. The molecule has 0 spiro atoms. The van der Waals surface area contributed by atoms with Gasteiger partial charge in [-0.05, 0) is 31.7 Å². The summed E-state index contributed by atoms with van der Waals surface area (Å²) in [6.45, 7) is 4.77. The third kappa shape index (κ3) is 5.80. The Morgan fingerprint density at radius 2 is 2.33 bits per heavy atom. The highest BCUT2D eigenvalue weighted by atomic mass is 16.5. The van der Waals surface area contributed by atoms with E-state index in [4.69, 9.17) is 9.84 Å². The molecule has 2 unspecified atom stereocenters. The van der Waals surface area contributed by atoms with Gasteiger partial charge in [0.1, 0.15) is 0 Å². The van der Waals surface area contributed by atoms with Crippen LogP contribution in [0.2, 0.25) is 0 Å². The van der Waals surface area contributed by atoms with Crippen LogP contribution in [0.3, 0.4) is 0 Å². The molecule has 5 nitrogen and oxygen atoms in total. The zero-order valence-electron chi connectivity index (χ0n) is 11.3. The SMILES string of the molecule is CCC1CCNC(C(=O)NCCCOCCO)C1. The van der Waals surface area contributed by atoms with Crippen LogP contribution < -0.4 is 10.6 Å². The molecule has 1 aliphatic heterocycles. The number of aliphatic hydroxyl groups is 1. The molecular formula is C13H26N2O3. The Morgan fingerprint density at radius 1 is 1.50 bits per heavy atom. The lowest BCUT2D eigenvalue weighted by molar-refractivity contribution is -0.124. The van der Waals surface area contributed by atoms with Crippen molar-refractivity contribution in [3.63, 3.8) is 0 Å². The minimum absolute atomic E-state index is 0.0259. The number of carbonyl (C=O) groups excluding carboxylic acids is 1. The first-order chi connectivity index (χ1) is 8.77. The maximum Gasteiger partial charge on any atom is 0.237 e. The highest BCUT2D eigenvalue weighted by molar-refractivity contribution is 5.81. The Balaban J connectivity index is 2.08. The molecule has 0 bridgehead atoms. The Kier molecular flexibility index (Phi) is 7.96.